The highest BCUT2D eigenvalue weighted by molar-refractivity contribution is 8.00. The van der Waals surface area contributed by atoms with Crippen molar-refractivity contribution in [3.05, 3.63) is 74.2 Å². The molecule has 0 aliphatic rings. The van der Waals surface area contributed by atoms with Gasteiger partial charge in [0.25, 0.3) is 10.1 Å². The van der Waals surface area contributed by atoms with E-state index >= 15 is 0 Å². The van der Waals surface area contributed by atoms with E-state index in [4.69, 9.17) is 46.4 Å². The summed E-state index contributed by atoms with van der Waals surface area (Å²) in [6.45, 7) is 0. The van der Waals surface area contributed by atoms with Crippen LogP contribution >= 0.6 is 58.2 Å². The average molecular weight is 606 g/mol. The number of amides is 2. The second kappa shape index (κ2) is 10.6. The molecule has 0 atom stereocenters. The van der Waals surface area contributed by atoms with Gasteiger partial charge in [-0.3, -0.25) is 4.55 Å². The second-order valence-corrected chi connectivity index (χ2v) is 10.8. The van der Waals surface area contributed by atoms with Gasteiger partial charge < -0.3 is 10.6 Å². The number of hydrogen-bond donors (Lipinski definition) is 3. The number of carbonyl (C=O) groups excluding carboxylic acids is 1. The van der Waals surface area contributed by atoms with Gasteiger partial charge in [0, 0.05) is 15.5 Å². The number of rotatable bonds is 5. The molecule has 0 saturated carbocycles. The molecule has 0 heterocycles. The van der Waals surface area contributed by atoms with Crippen molar-refractivity contribution in [1.82, 2.24) is 0 Å². The van der Waals surface area contributed by atoms with Crippen LogP contribution in [0.15, 0.2) is 63.2 Å². The van der Waals surface area contributed by atoms with Crippen LogP contribution in [0.4, 0.5) is 29.3 Å². The Morgan fingerprint density at radius 2 is 1.46 bits per heavy atom. The summed E-state index contributed by atoms with van der Waals surface area (Å²) >= 11 is 24.1. The topological polar surface area (TPSA) is 95.5 Å². The van der Waals surface area contributed by atoms with Crippen LogP contribution < -0.4 is 10.6 Å². The van der Waals surface area contributed by atoms with Crippen molar-refractivity contribution >= 4 is 85.7 Å². The molecule has 35 heavy (non-hydrogen) atoms. The van der Waals surface area contributed by atoms with Crippen LogP contribution in [0.25, 0.3) is 0 Å². The lowest BCUT2D eigenvalue weighted by atomic mass is 10.2. The van der Waals surface area contributed by atoms with E-state index in [-0.39, 0.29) is 41.3 Å². The number of anilines is 2. The molecule has 186 valence electrons. The Balaban J connectivity index is 2.01. The van der Waals surface area contributed by atoms with Crippen molar-refractivity contribution in [2.45, 2.75) is 20.9 Å². The molecule has 6 nitrogen and oxygen atoms in total. The first-order valence-corrected chi connectivity index (χ1v) is 12.8. The van der Waals surface area contributed by atoms with Gasteiger partial charge >= 0.3 is 12.2 Å². The van der Waals surface area contributed by atoms with Crippen LogP contribution in [0.1, 0.15) is 5.56 Å². The van der Waals surface area contributed by atoms with Gasteiger partial charge in [-0.1, -0.05) is 58.2 Å². The van der Waals surface area contributed by atoms with E-state index in [0.29, 0.717) is 17.8 Å². The summed E-state index contributed by atoms with van der Waals surface area (Å²) in [5.74, 6) is 0. The summed E-state index contributed by atoms with van der Waals surface area (Å²) in [5, 5.41) is 4.82. The fourth-order valence-corrected chi connectivity index (χ4v) is 5.37. The highest BCUT2D eigenvalue weighted by Crippen LogP contribution is 2.42. The zero-order valence-corrected chi connectivity index (χ0v) is 21.4. The zero-order valence-electron chi connectivity index (χ0n) is 16.8. The lowest BCUT2D eigenvalue weighted by Crippen LogP contribution is -2.20. The number of hydrogen-bond acceptors (Lipinski definition) is 4. The molecule has 0 unspecified atom stereocenters. The fourth-order valence-electron chi connectivity index (χ4n) is 2.66. The number of nitrogens with one attached hydrogen (secondary N) is 2. The van der Waals surface area contributed by atoms with Gasteiger partial charge in [-0.15, -0.1) is 0 Å². The molecule has 0 fully saturated rings. The van der Waals surface area contributed by atoms with Crippen LogP contribution in [0.5, 0.6) is 0 Å². The maximum absolute atomic E-state index is 13.3. The molecule has 0 saturated heterocycles. The monoisotopic (exact) mass is 604 g/mol. The van der Waals surface area contributed by atoms with Crippen LogP contribution in [0, 0.1) is 0 Å². The van der Waals surface area contributed by atoms with Gasteiger partial charge in [0.15, 0.2) is 0 Å². The van der Waals surface area contributed by atoms with Gasteiger partial charge in [-0.05, 0) is 48.5 Å². The molecule has 0 bridgehead atoms. The predicted octanol–water partition coefficient (Wildman–Crippen LogP) is 8.36. The summed E-state index contributed by atoms with van der Waals surface area (Å²) in [4.78, 5) is 11.7. The SMILES string of the molecule is O=C(Nc1ccc(Cl)c(Cl)c1)Nc1cc(C(F)(F)F)ccc1Sc1cc(Cl)c(Cl)cc1S(=O)(=O)O. The molecule has 0 radical (unpaired) electrons. The third kappa shape index (κ3) is 7.10. The highest BCUT2D eigenvalue weighted by Gasteiger charge is 2.31. The fraction of sp³-hybridized carbons (Fsp3) is 0.0500. The Bertz CT molecular complexity index is 1420. The molecule has 3 aromatic carbocycles. The Morgan fingerprint density at radius 3 is 2.06 bits per heavy atom. The number of carbonyl (C=O) groups is 1. The molecule has 3 aromatic rings. The maximum atomic E-state index is 13.3. The van der Waals surface area contributed by atoms with Crippen molar-refractivity contribution < 1.29 is 30.9 Å². The normalized spacial score (nSPS) is 11.9. The van der Waals surface area contributed by atoms with E-state index in [9.17, 15) is 30.9 Å². The number of alkyl halides is 3. The average Bonchev–Trinajstić information content (AvgIpc) is 2.72. The minimum absolute atomic E-state index is 0.00516. The molecular weight excluding hydrogens is 595 g/mol. The smallest absolute Gasteiger partial charge is 0.308 e. The first kappa shape index (κ1) is 27.7. The summed E-state index contributed by atoms with van der Waals surface area (Å²) < 4.78 is 73.1. The van der Waals surface area contributed by atoms with Crippen LogP contribution in [-0.2, 0) is 16.3 Å². The van der Waals surface area contributed by atoms with Crippen LogP contribution in [0.3, 0.4) is 0 Å². The maximum Gasteiger partial charge on any atom is 0.416 e. The third-order valence-electron chi connectivity index (χ3n) is 4.22. The molecule has 3 rings (SSSR count). The summed E-state index contributed by atoms with van der Waals surface area (Å²) in [6.07, 6.45) is -4.73. The summed E-state index contributed by atoms with van der Waals surface area (Å²) in [6, 6.07) is 7.70. The molecular formula is C20H11Cl4F3N2O4S2. The van der Waals surface area contributed by atoms with Crippen molar-refractivity contribution in [3.63, 3.8) is 0 Å². The van der Waals surface area contributed by atoms with E-state index in [1.54, 1.807) is 0 Å². The van der Waals surface area contributed by atoms with Crippen molar-refractivity contribution in [3.8, 4) is 0 Å². The Morgan fingerprint density at radius 1 is 0.829 bits per heavy atom. The van der Waals surface area contributed by atoms with Crippen molar-refractivity contribution in [2.75, 3.05) is 10.6 Å². The minimum atomic E-state index is -4.78. The molecule has 0 aliphatic heterocycles. The van der Waals surface area contributed by atoms with E-state index < -0.39 is 32.8 Å². The number of halogens is 7. The Hall–Kier alpha value is -1.86. The van der Waals surface area contributed by atoms with Gasteiger partial charge in [0.2, 0.25) is 0 Å². The third-order valence-corrected chi connectivity index (χ3v) is 7.83. The first-order chi connectivity index (χ1) is 16.1. The number of benzene rings is 3. The van der Waals surface area contributed by atoms with E-state index in [0.717, 1.165) is 24.3 Å². The highest BCUT2D eigenvalue weighted by atomic mass is 35.5. The lowest BCUT2D eigenvalue weighted by molar-refractivity contribution is -0.137. The van der Waals surface area contributed by atoms with E-state index in [1.165, 1.54) is 18.2 Å². The van der Waals surface area contributed by atoms with Crippen molar-refractivity contribution in [1.29, 1.82) is 0 Å². The summed E-state index contributed by atoms with van der Waals surface area (Å²) in [7, 11) is -4.78. The molecule has 0 aromatic heterocycles. The van der Waals surface area contributed by atoms with E-state index in [2.05, 4.69) is 10.6 Å². The Labute approximate surface area is 221 Å². The Kier molecular flexibility index (Phi) is 8.42. The lowest BCUT2D eigenvalue weighted by Gasteiger charge is -2.16. The largest absolute Gasteiger partial charge is 0.416 e. The van der Waals surface area contributed by atoms with E-state index in [1.807, 2.05) is 0 Å². The molecule has 2 amide bonds. The molecule has 0 aliphatic carbocycles. The predicted molar refractivity (Wildman–Crippen MR) is 131 cm³/mol. The van der Waals surface area contributed by atoms with Gasteiger partial charge in [-0.2, -0.15) is 21.6 Å². The van der Waals surface area contributed by atoms with Gasteiger partial charge in [0.05, 0.1) is 31.3 Å². The molecule has 15 heteroatoms. The summed E-state index contributed by atoms with van der Waals surface area (Å²) in [5.41, 5.74) is -1.18. The standard InChI is InChI=1S/C20H11Cl4F3N2O4S2/c21-11-3-2-10(6-12(11)22)28-19(30)29-15-5-9(20(25,26)27)1-4-16(15)34-17-7-13(23)14(24)8-18(17)35(31,32)33/h1-8H,(H2,28,29,30)(H,31,32,33). The molecule has 0 spiro atoms. The quantitative estimate of drug-likeness (QED) is 0.254. The van der Waals surface area contributed by atoms with Gasteiger partial charge in [0.1, 0.15) is 4.90 Å². The van der Waals surface area contributed by atoms with Crippen LogP contribution in [0.2, 0.25) is 20.1 Å². The first-order valence-electron chi connectivity index (χ1n) is 9.04. The number of urea groups is 1. The van der Waals surface area contributed by atoms with Crippen molar-refractivity contribution in [2.24, 2.45) is 0 Å². The van der Waals surface area contributed by atoms with Crippen LogP contribution in [-0.4, -0.2) is 19.0 Å². The second-order valence-electron chi connectivity index (χ2n) is 6.71. The zero-order chi connectivity index (χ0) is 26.1. The van der Waals surface area contributed by atoms with Gasteiger partial charge in [-0.25, -0.2) is 4.79 Å². The minimum Gasteiger partial charge on any atom is -0.308 e. The molecule has 3 N–H and O–H groups in total.